The molecule has 2 aromatic carbocycles. The van der Waals surface area contributed by atoms with Gasteiger partial charge in [0, 0.05) is 11.4 Å². The predicted molar refractivity (Wildman–Crippen MR) is 76.1 cm³/mol. The monoisotopic (exact) mass is 267 g/mol. The molecule has 0 aliphatic heterocycles. The Bertz CT molecular complexity index is 645. The highest BCUT2D eigenvalue weighted by molar-refractivity contribution is 5.92. The number of carbonyl (C=O) groups excluding carboxylic acids is 1. The maximum absolute atomic E-state index is 11.7. The first-order valence-corrected chi connectivity index (χ1v) is 5.96. The molecule has 3 N–H and O–H groups in total. The average molecular weight is 267 g/mol. The number of anilines is 2. The molecule has 0 spiro atoms. The fraction of sp³-hybridized carbons (Fsp3) is 0.0667. The normalized spacial score (nSPS) is 9.55. The van der Waals surface area contributed by atoms with Crippen molar-refractivity contribution in [3.63, 3.8) is 0 Å². The van der Waals surface area contributed by atoms with Crippen molar-refractivity contribution in [3.05, 3.63) is 54.1 Å². The van der Waals surface area contributed by atoms with E-state index < -0.39 is 0 Å². The lowest BCUT2D eigenvalue weighted by Gasteiger charge is -2.08. The summed E-state index contributed by atoms with van der Waals surface area (Å²) in [7, 11) is 0. The van der Waals surface area contributed by atoms with Gasteiger partial charge in [0.15, 0.2) is 6.61 Å². The summed E-state index contributed by atoms with van der Waals surface area (Å²) in [6.45, 7) is -0.164. The lowest BCUT2D eigenvalue weighted by atomic mass is 10.2. The van der Waals surface area contributed by atoms with E-state index in [1.54, 1.807) is 48.5 Å². The molecule has 0 saturated carbocycles. The van der Waals surface area contributed by atoms with Crippen LogP contribution in [0, 0.1) is 11.3 Å². The molecule has 0 aromatic heterocycles. The number of para-hydroxylation sites is 1. The second kappa shape index (κ2) is 6.25. The number of nitriles is 1. The van der Waals surface area contributed by atoms with E-state index in [0.717, 1.165) is 0 Å². The summed E-state index contributed by atoms with van der Waals surface area (Å²) in [6.07, 6.45) is 0. The van der Waals surface area contributed by atoms with Crippen LogP contribution in [0.15, 0.2) is 48.5 Å². The molecule has 0 heterocycles. The van der Waals surface area contributed by atoms with Crippen molar-refractivity contribution in [3.8, 4) is 11.8 Å². The van der Waals surface area contributed by atoms with Gasteiger partial charge >= 0.3 is 0 Å². The highest BCUT2D eigenvalue weighted by Crippen LogP contribution is 2.16. The van der Waals surface area contributed by atoms with Gasteiger partial charge in [0.2, 0.25) is 0 Å². The molecule has 5 nitrogen and oxygen atoms in total. The molecule has 20 heavy (non-hydrogen) atoms. The van der Waals surface area contributed by atoms with Crippen LogP contribution in [0.3, 0.4) is 0 Å². The summed E-state index contributed by atoms with van der Waals surface area (Å²) < 4.78 is 5.33. The van der Waals surface area contributed by atoms with E-state index in [4.69, 9.17) is 15.7 Å². The molecule has 0 bridgehead atoms. The standard InChI is InChI=1S/C15H13N3O2/c16-9-11-3-1-2-4-14(11)20-10-15(19)18-13-7-5-12(17)6-8-13/h1-8H,10,17H2,(H,18,19). The molecule has 100 valence electrons. The number of nitrogens with two attached hydrogens (primary N) is 1. The number of amides is 1. The fourth-order valence-corrected chi connectivity index (χ4v) is 1.59. The summed E-state index contributed by atoms with van der Waals surface area (Å²) in [5.74, 6) is 0.0879. The second-order valence-electron chi connectivity index (χ2n) is 4.07. The fourth-order valence-electron chi connectivity index (χ4n) is 1.59. The number of hydrogen-bond donors (Lipinski definition) is 2. The molecule has 0 atom stereocenters. The van der Waals surface area contributed by atoms with E-state index in [2.05, 4.69) is 5.32 Å². The zero-order chi connectivity index (χ0) is 14.4. The van der Waals surface area contributed by atoms with Crippen LogP contribution in [-0.2, 0) is 4.79 Å². The molecule has 0 radical (unpaired) electrons. The van der Waals surface area contributed by atoms with Crippen molar-refractivity contribution < 1.29 is 9.53 Å². The minimum absolute atomic E-state index is 0.164. The number of benzene rings is 2. The van der Waals surface area contributed by atoms with E-state index in [9.17, 15) is 4.79 Å². The van der Waals surface area contributed by atoms with Gasteiger partial charge in [-0.15, -0.1) is 0 Å². The van der Waals surface area contributed by atoms with E-state index in [-0.39, 0.29) is 12.5 Å². The zero-order valence-corrected chi connectivity index (χ0v) is 10.7. The first-order chi connectivity index (χ1) is 9.69. The third-order valence-corrected chi connectivity index (χ3v) is 2.56. The highest BCUT2D eigenvalue weighted by atomic mass is 16.5. The summed E-state index contributed by atoms with van der Waals surface area (Å²) in [5, 5.41) is 11.6. The minimum atomic E-state index is -0.303. The van der Waals surface area contributed by atoms with Crippen LogP contribution in [0.2, 0.25) is 0 Å². The van der Waals surface area contributed by atoms with Gasteiger partial charge in [0.1, 0.15) is 11.8 Å². The quantitative estimate of drug-likeness (QED) is 0.831. The Labute approximate surface area is 116 Å². The molecule has 0 unspecified atom stereocenters. The number of carbonyl (C=O) groups is 1. The van der Waals surface area contributed by atoms with Crippen LogP contribution in [0.1, 0.15) is 5.56 Å². The number of ether oxygens (including phenoxy) is 1. The van der Waals surface area contributed by atoms with E-state index >= 15 is 0 Å². The van der Waals surface area contributed by atoms with Gasteiger partial charge < -0.3 is 15.8 Å². The molecular formula is C15H13N3O2. The Morgan fingerprint density at radius 1 is 1.20 bits per heavy atom. The van der Waals surface area contributed by atoms with Crippen LogP contribution < -0.4 is 15.8 Å². The number of rotatable bonds is 4. The lowest BCUT2D eigenvalue weighted by Crippen LogP contribution is -2.20. The van der Waals surface area contributed by atoms with E-state index in [1.165, 1.54) is 0 Å². The van der Waals surface area contributed by atoms with Crippen LogP contribution in [-0.4, -0.2) is 12.5 Å². The molecule has 1 amide bonds. The van der Waals surface area contributed by atoms with Crippen molar-refractivity contribution in [2.24, 2.45) is 0 Å². The van der Waals surface area contributed by atoms with Gasteiger partial charge in [-0.1, -0.05) is 12.1 Å². The molecule has 5 heteroatoms. The minimum Gasteiger partial charge on any atom is -0.482 e. The number of hydrogen-bond acceptors (Lipinski definition) is 4. The van der Waals surface area contributed by atoms with Crippen LogP contribution in [0.25, 0.3) is 0 Å². The Morgan fingerprint density at radius 3 is 2.60 bits per heavy atom. The van der Waals surface area contributed by atoms with Gasteiger partial charge in [0.25, 0.3) is 5.91 Å². The van der Waals surface area contributed by atoms with E-state index in [1.807, 2.05) is 6.07 Å². The Morgan fingerprint density at radius 2 is 1.90 bits per heavy atom. The second-order valence-corrected chi connectivity index (χ2v) is 4.07. The average Bonchev–Trinajstić information content (AvgIpc) is 2.48. The molecule has 0 aliphatic carbocycles. The van der Waals surface area contributed by atoms with Crippen LogP contribution in [0.5, 0.6) is 5.75 Å². The summed E-state index contributed by atoms with van der Waals surface area (Å²) in [4.78, 5) is 11.7. The van der Waals surface area contributed by atoms with Crippen LogP contribution in [0.4, 0.5) is 11.4 Å². The Balaban J connectivity index is 1.92. The molecule has 0 aliphatic rings. The maximum Gasteiger partial charge on any atom is 0.262 e. The molecular weight excluding hydrogens is 254 g/mol. The van der Waals surface area contributed by atoms with Crippen molar-refractivity contribution in [1.82, 2.24) is 0 Å². The van der Waals surface area contributed by atoms with E-state index in [0.29, 0.717) is 22.7 Å². The largest absolute Gasteiger partial charge is 0.482 e. The zero-order valence-electron chi connectivity index (χ0n) is 10.7. The highest BCUT2D eigenvalue weighted by Gasteiger charge is 2.06. The van der Waals surface area contributed by atoms with Crippen molar-refractivity contribution in [2.75, 3.05) is 17.7 Å². The third-order valence-electron chi connectivity index (χ3n) is 2.56. The van der Waals surface area contributed by atoms with Crippen molar-refractivity contribution in [2.45, 2.75) is 0 Å². The first-order valence-electron chi connectivity index (χ1n) is 5.96. The van der Waals surface area contributed by atoms with Gasteiger partial charge in [-0.2, -0.15) is 5.26 Å². The number of nitrogens with one attached hydrogen (secondary N) is 1. The van der Waals surface area contributed by atoms with Gasteiger partial charge in [-0.05, 0) is 36.4 Å². The first kappa shape index (κ1) is 13.4. The smallest absolute Gasteiger partial charge is 0.262 e. The molecule has 2 rings (SSSR count). The maximum atomic E-state index is 11.7. The SMILES string of the molecule is N#Cc1ccccc1OCC(=O)Nc1ccc(N)cc1. The van der Waals surface area contributed by atoms with Gasteiger partial charge in [-0.3, -0.25) is 4.79 Å². The van der Waals surface area contributed by atoms with Gasteiger partial charge in [-0.25, -0.2) is 0 Å². The molecule has 0 saturated heterocycles. The van der Waals surface area contributed by atoms with Crippen molar-refractivity contribution in [1.29, 1.82) is 5.26 Å². The summed E-state index contributed by atoms with van der Waals surface area (Å²) in [6, 6.07) is 15.6. The molecule has 0 fully saturated rings. The predicted octanol–water partition coefficient (Wildman–Crippen LogP) is 2.16. The summed E-state index contributed by atoms with van der Waals surface area (Å²) >= 11 is 0. The Kier molecular flexibility index (Phi) is 4.20. The Hall–Kier alpha value is -3.00. The number of nitrogen functional groups attached to an aromatic ring is 1. The molecule has 2 aromatic rings. The lowest BCUT2D eigenvalue weighted by molar-refractivity contribution is -0.118. The van der Waals surface area contributed by atoms with Gasteiger partial charge in [0.05, 0.1) is 5.56 Å². The third kappa shape index (κ3) is 3.50. The van der Waals surface area contributed by atoms with Crippen LogP contribution >= 0.6 is 0 Å². The topological polar surface area (TPSA) is 88.1 Å². The summed E-state index contributed by atoms with van der Waals surface area (Å²) in [5.41, 5.74) is 7.22. The van der Waals surface area contributed by atoms with Crippen molar-refractivity contribution >= 4 is 17.3 Å². The number of nitrogens with zero attached hydrogens (tertiary/aromatic N) is 1.